The lowest BCUT2D eigenvalue weighted by Crippen LogP contribution is -2.31. The van der Waals surface area contributed by atoms with Gasteiger partial charge in [0.15, 0.2) is 0 Å². The fraction of sp³-hybridized carbons (Fsp3) is 0.241. The predicted octanol–water partition coefficient (Wildman–Crippen LogP) is 4.69. The van der Waals surface area contributed by atoms with Crippen molar-refractivity contribution < 1.29 is 28.9 Å². The van der Waals surface area contributed by atoms with E-state index in [0.29, 0.717) is 35.6 Å². The zero-order valence-electron chi connectivity index (χ0n) is 20.8. The molecule has 0 bridgehead atoms. The van der Waals surface area contributed by atoms with Gasteiger partial charge in [-0.25, -0.2) is 0 Å². The molecule has 1 N–H and O–H groups in total. The minimum Gasteiger partial charge on any atom is -0.507 e. The molecule has 0 aromatic heterocycles. The summed E-state index contributed by atoms with van der Waals surface area (Å²) in [6.07, 6.45) is 0.533. The van der Waals surface area contributed by atoms with E-state index < -0.39 is 17.7 Å². The number of nitrogens with zero attached hydrogens (tertiary/aromatic N) is 1. The van der Waals surface area contributed by atoms with Gasteiger partial charge in [0.05, 0.1) is 32.9 Å². The molecular formula is C29H29NO6. The molecule has 1 unspecified atom stereocenters. The molecule has 0 radical (unpaired) electrons. The molecule has 1 amide bonds. The highest BCUT2D eigenvalue weighted by Gasteiger charge is 2.46. The number of likely N-dealkylation sites (tertiary alicyclic amines) is 1. The number of ether oxygens (including phenoxy) is 3. The van der Waals surface area contributed by atoms with Gasteiger partial charge in [0.2, 0.25) is 0 Å². The van der Waals surface area contributed by atoms with Crippen molar-refractivity contribution >= 4 is 17.4 Å². The Kier molecular flexibility index (Phi) is 7.29. The van der Waals surface area contributed by atoms with E-state index in [-0.39, 0.29) is 11.3 Å². The van der Waals surface area contributed by atoms with Crippen LogP contribution in [-0.2, 0) is 16.0 Å². The maximum absolute atomic E-state index is 13.3. The molecule has 1 saturated heterocycles. The number of aliphatic hydroxyl groups excluding tert-OH is 1. The molecule has 0 spiro atoms. The van der Waals surface area contributed by atoms with Gasteiger partial charge in [0.25, 0.3) is 11.7 Å². The number of carbonyl (C=O) groups excluding carboxylic acids is 2. The summed E-state index contributed by atoms with van der Waals surface area (Å²) in [6, 6.07) is 19.2. The lowest BCUT2D eigenvalue weighted by Gasteiger charge is -2.25. The van der Waals surface area contributed by atoms with Crippen LogP contribution in [0, 0.1) is 6.92 Å². The quantitative estimate of drug-likeness (QED) is 0.282. The predicted molar refractivity (Wildman–Crippen MR) is 136 cm³/mol. The zero-order chi connectivity index (χ0) is 25.8. The molecule has 3 aromatic carbocycles. The molecule has 7 heteroatoms. The number of hydrogen-bond acceptors (Lipinski definition) is 6. The number of Topliss-reactive ketones (excluding diaryl/α,β-unsaturated/α-hetero) is 1. The van der Waals surface area contributed by atoms with Crippen LogP contribution in [0.2, 0.25) is 0 Å². The normalized spacial score (nSPS) is 16.8. The van der Waals surface area contributed by atoms with Gasteiger partial charge in [-0.3, -0.25) is 9.59 Å². The van der Waals surface area contributed by atoms with E-state index in [0.717, 1.165) is 16.9 Å². The first-order valence-electron chi connectivity index (χ1n) is 11.6. The molecule has 0 aliphatic carbocycles. The summed E-state index contributed by atoms with van der Waals surface area (Å²) in [6.45, 7) is 2.12. The number of carbonyl (C=O) groups is 2. The van der Waals surface area contributed by atoms with Crippen LogP contribution in [0.15, 0.2) is 72.3 Å². The van der Waals surface area contributed by atoms with Crippen molar-refractivity contribution in [1.82, 2.24) is 4.90 Å². The molecule has 0 saturated carbocycles. The number of aryl methyl sites for hydroxylation is 1. The molecule has 1 aliphatic heterocycles. The van der Waals surface area contributed by atoms with Gasteiger partial charge in [-0.05, 0) is 72.5 Å². The molecule has 1 atom stereocenters. The summed E-state index contributed by atoms with van der Waals surface area (Å²) in [5.74, 6) is 0.472. The molecule has 3 aromatic rings. The molecule has 36 heavy (non-hydrogen) atoms. The molecule has 1 aliphatic rings. The summed E-state index contributed by atoms with van der Waals surface area (Å²) in [5.41, 5.74) is 2.97. The van der Waals surface area contributed by atoms with Gasteiger partial charge in [0.1, 0.15) is 23.0 Å². The van der Waals surface area contributed by atoms with E-state index in [9.17, 15) is 14.7 Å². The van der Waals surface area contributed by atoms with Gasteiger partial charge in [-0.2, -0.15) is 0 Å². The molecule has 4 rings (SSSR count). The van der Waals surface area contributed by atoms with E-state index in [1.54, 1.807) is 51.7 Å². The van der Waals surface area contributed by atoms with E-state index in [1.165, 1.54) is 4.90 Å². The number of hydrogen-bond donors (Lipinski definition) is 1. The Bertz CT molecular complexity index is 1290. The van der Waals surface area contributed by atoms with Gasteiger partial charge in [-0.15, -0.1) is 0 Å². The lowest BCUT2D eigenvalue weighted by molar-refractivity contribution is -0.139. The summed E-state index contributed by atoms with van der Waals surface area (Å²) in [4.78, 5) is 28.0. The van der Waals surface area contributed by atoms with E-state index in [4.69, 9.17) is 14.2 Å². The third-order valence-corrected chi connectivity index (χ3v) is 6.46. The highest BCUT2D eigenvalue weighted by Crippen LogP contribution is 2.40. The fourth-order valence-corrected chi connectivity index (χ4v) is 4.46. The molecule has 7 nitrogen and oxygen atoms in total. The van der Waals surface area contributed by atoms with Crippen molar-refractivity contribution in [2.75, 3.05) is 27.9 Å². The number of rotatable bonds is 8. The van der Waals surface area contributed by atoms with Crippen molar-refractivity contribution in [3.05, 3.63) is 94.6 Å². The van der Waals surface area contributed by atoms with Crippen LogP contribution >= 0.6 is 0 Å². The zero-order valence-corrected chi connectivity index (χ0v) is 20.8. The fourth-order valence-electron chi connectivity index (χ4n) is 4.46. The second kappa shape index (κ2) is 10.6. The largest absolute Gasteiger partial charge is 0.507 e. The first-order valence-corrected chi connectivity index (χ1v) is 11.6. The minimum atomic E-state index is -0.740. The summed E-state index contributed by atoms with van der Waals surface area (Å²) in [5, 5.41) is 11.3. The third-order valence-electron chi connectivity index (χ3n) is 6.46. The van der Waals surface area contributed by atoms with Crippen molar-refractivity contribution in [2.45, 2.75) is 19.4 Å². The van der Waals surface area contributed by atoms with E-state index in [2.05, 4.69) is 0 Å². The average molecular weight is 488 g/mol. The summed E-state index contributed by atoms with van der Waals surface area (Å²) >= 11 is 0. The molecular weight excluding hydrogens is 458 g/mol. The number of aliphatic hydroxyl groups is 1. The van der Waals surface area contributed by atoms with Crippen LogP contribution in [0.3, 0.4) is 0 Å². The van der Waals surface area contributed by atoms with Crippen LogP contribution in [0.1, 0.15) is 28.3 Å². The number of amides is 1. The van der Waals surface area contributed by atoms with Crippen LogP contribution in [-0.4, -0.2) is 49.6 Å². The molecule has 1 heterocycles. The Hall–Kier alpha value is -4.26. The second-order valence-corrected chi connectivity index (χ2v) is 8.54. The minimum absolute atomic E-state index is 0.0631. The van der Waals surface area contributed by atoms with E-state index >= 15 is 0 Å². The van der Waals surface area contributed by atoms with Crippen molar-refractivity contribution in [3.63, 3.8) is 0 Å². The third kappa shape index (κ3) is 4.77. The number of ketones is 1. The summed E-state index contributed by atoms with van der Waals surface area (Å²) < 4.78 is 15.8. The van der Waals surface area contributed by atoms with Crippen LogP contribution in [0.4, 0.5) is 0 Å². The van der Waals surface area contributed by atoms with Crippen molar-refractivity contribution in [3.8, 4) is 17.2 Å². The monoisotopic (exact) mass is 487 g/mol. The Balaban J connectivity index is 1.76. The maximum atomic E-state index is 13.3. The lowest BCUT2D eigenvalue weighted by atomic mass is 9.93. The molecule has 186 valence electrons. The number of methoxy groups -OCH3 is 3. The second-order valence-electron chi connectivity index (χ2n) is 8.54. The van der Waals surface area contributed by atoms with Crippen LogP contribution in [0.5, 0.6) is 17.2 Å². The Morgan fingerprint density at radius 2 is 1.39 bits per heavy atom. The van der Waals surface area contributed by atoms with Crippen molar-refractivity contribution in [1.29, 1.82) is 0 Å². The Morgan fingerprint density at radius 3 is 1.94 bits per heavy atom. The van der Waals surface area contributed by atoms with Gasteiger partial charge < -0.3 is 24.2 Å². The van der Waals surface area contributed by atoms with Crippen molar-refractivity contribution in [2.24, 2.45) is 0 Å². The number of benzene rings is 3. The highest BCUT2D eigenvalue weighted by molar-refractivity contribution is 6.46. The van der Waals surface area contributed by atoms with Gasteiger partial charge >= 0.3 is 0 Å². The van der Waals surface area contributed by atoms with E-state index in [1.807, 2.05) is 43.3 Å². The Labute approximate surface area is 210 Å². The topological polar surface area (TPSA) is 85.3 Å². The average Bonchev–Trinajstić information content (AvgIpc) is 3.16. The smallest absolute Gasteiger partial charge is 0.295 e. The van der Waals surface area contributed by atoms with Gasteiger partial charge in [0, 0.05) is 12.1 Å². The summed E-state index contributed by atoms with van der Waals surface area (Å²) in [7, 11) is 4.74. The standard InChI is InChI=1S/C29H29NO6/c1-18-17-23(36-4)13-14-24(18)27(31)25-26(20-7-11-22(35-3)12-8-20)30(29(33)28(25)32)16-15-19-5-9-21(34-2)10-6-19/h5-14,17,26,31H,15-16H2,1-4H3/b27-25-. The van der Waals surface area contributed by atoms with Crippen LogP contribution in [0.25, 0.3) is 5.76 Å². The van der Waals surface area contributed by atoms with Crippen LogP contribution < -0.4 is 14.2 Å². The molecule has 1 fully saturated rings. The van der Waals surface area contributed by atoms with Gasteiger partial charge in [-0.1, -0.05) is 24.3 Å². The maximum Gasteiger partial charge on any atom is 0.295 e. The first-order chi connectivity index (χ1) is 17.4. The highest BCUT2D eigenvalue weighted by atomic mass is 16.5. The Morgan fingerprint density at radius 1 is 0.833 bits per heavy atom. The SMILES string of the molecule is COc1ccc(CCN2C(=O)C(=O)/C(=C(\O)c3ccc(OC)cc3C)C2c2ccc(OC)cc2)cc1. The first kappa shape index (κ1) is 24.9.